The Hall–Kier alpha value is -1.86. The highest BCUT2D eigenvalue weighted by atomic mass is 19.4. The Morgan fingerprint density at radius 2 is 1.90 bits per heavy atom. The van der Waals surface area contributed by atoms with E-state index in [1.54, 1.807) is 9.80 Å². The molecule has 2 atom stereocenters. The first-order chi connectivity index (χ1) is 14.3. The summed E-state index contributed by atoms with van der Waals surface area (Å²) < 4.78 is 38.7. The number of allylic oxidation sites excluding steroid dienone is 1. The summed E-state index contributed by atoms with van der Waals surface area (Å²) in [5, 5.41) is 10.00. The predicted molar refractivity (Wildman–Crippen MR) is 109 cm³/mol. The van der Waals surface area contributed by atoms with E-state index in [1.807, 2.05) is 43.3 Å². The van der Waals surface area contributed by atoms with Gasteiger partial charge in [0.25, 0.3) is 0 Å². The molecule has 1 N–H and O–H groups in total. The highest BCUT2D eigenvalue weighted by Gasteiger charge is 2.66. The molecule has 1 saturated carbocycles. The van der Waals surface area contributed by atoms with E-state index in [2.05, 4.69) is 0 Å². The summed E-state index contributed by atoms with van der Waals surface area (Å²) in [6, 6.07) is 7.62. The maximum absolute atomic E-state index is 12.9. The Labute approximate surface area is 175 Å². The van der Waals surface area contributed by atoms with Crippen LogP contribution in [-0.2, 0) is 4.79 Å². The molecule has 0 aromatic heterocycles. The zero-order valence-corrected chi connectivity index (χ0v) is 17.2. The van der Waals surface area contributed by atoms with Crippen molar-refractivity contribution < 1.29 is 23.1 Å². The fourth-order valence-corrected chi connectivity index (χ4v) is 5.21. The number of carbonyl (C=O) groups is 1. The number of rotatable bonds is 7. The van der Waals surface area contributed by atoms with Gasteiger partial charge in [-0.05, 0) is 36.8 Å². The van der Waals surface area contributed by atoms with Gasteiger partial charge in [-0.1, -0.05) is 36.4 Å². The molecule has 1 spiro atoms. The van der Waals surface area contributed by atoms with Gasteiger partial charge in [0.05, 0.1) is 18.6 Å². The topological polar surface area (TPSA) is 43.8 Å². The number of hydrogen-bond donors (Lipinski definition) is 1. The molecule has 2 saturated heterocycles. The summed E-state index contributed by atoms with van der Waals surface area (Å²) in [7, 11) is 0. The van der Waals surface area contributed by atoms with Gasteiger partial charge in [0.2, 0.25) is 5.91 Å². The number of halogens is 3. The first-order valence-corrected chi connectivity index (χ1v) is 10.7. The van der Waals surface area contributed by atoms with Gasteiger partial charge in [-0.15, -0.1) is 0 Å². The number of likely N-dealkylation sites (tertiary alicyclic amines) is 2. The SMILES string of the molecule is C/C=C/c1ccc([C@@H]2[C@H](CO)N(CCC(F)(F)F)C23CN(C(=O)CC2CC2)C3)cc1. The van der Waals surface area contributed by atoms with E-state index in [-0.39, 0.29) is 31.0 Å². The van der Waals surface area contributed by atoms with Gasteiger partial charge in [0.15, 0.2) is 0 Å². The molecule has 1 aromatic carbocycles. The Morgan fingerprint density at radius 3 is 2.43 bits per heavy atom. The van der Waals surface area contributed by atoms with Crippen molar-refractivity contribution in [1.82, 2.24) is 9.80 Å². The molecule has 1 amide bonds. The molecule has 4 rings (SSSR count). The van der Waals surface area contributed by atoms with Gasteiger partial charge in [-0.2, -0.15) is 13.2 Å². The van der Waals surface area contributed by atoms with E-state index in [0.717, 1.165) is 24.0 Å². The first-order valence-electron chi connectivity index (χ1n) is 10.7. The lowest BCUT2D eigenvalue weighted by Gasteiger charge is -2.71. The van der Waals surface area contributed by atoms with E-state index in [9.17, 15) is 23.1 Å². The van der Waals surface area contributed by atoms with E-state index in [4.69, 9.17) is 0 Å². The number of hydrogen-bond acceptors (Lipinski definition) is 3. The zero-order chi connectivity index (χ0) is 21.5. The molecule has 0 radical (unpaired) electrons. The van der Waals surface area contributed by atoms with Crippen molar-refractivity contribution in [3.05, 3.63) is 41.5 Å². The monoisotopic (exact) mass is 422 g/mol. The second kappa shape index (κ2) is 8.00. The van der Waals surface area contributed by atoms with Crippen molar-refractivity contribution >= 4 is 12.0 Å². The van der Waals surface area contributed by atoms with Crippen LogP contribution in [0.1, 0.15) is 49.7 Å². The highest BCUT2D eigenvalue weighted by Crippen LogP contribution is 2.54. The fraction of sp³-hybridized carbons (Fsp3) is 0.609. The standard InChI is InChI=1S/C23H29F3N2O2/c1-2-3-16-6-8-18(9-7-16)21-19(13-29)28(11-10-23(24,25)26)22(21)14-27(15-22)20(30)12-17-4-5-17/h2-3,6-9,17,19,21,29H,4-5,10-15H2,1H3/b3-2+/t19-,21+/m0/s1. The molecule has 0 unspecified atom stereocenters. The number of alkyl halides is 3. The maximum Gasteiger partial charge on any atom is 0.390 e. The minimum Gasteiger partial charge on any atom is -0.395 e. The summed E-state index contributed by atoms with van der Waals surface area (Å²) in [5.41, 5.74) is 1.55. The number of amides is 1. The third-order valence-electron chi connectivity index (χ3n) is 6.86. The van der Waals surface area contributed by atoms with Crippen LogP contribution in [0.3, 0.4) is 0 Å². The second-order valence-electron chi connectivity index (χ2n) is 8.95. The van der Waals surface area contributed by atoms with Crippen molar-refractivity contribution in [1.29, 1.82) is 0 Å². The summed E-state index contributed by atoms with van der Waals surface area (Å²) in [4.78, 5) is 16.1. The minimum atomic E-state index is -4.24. The number of nitrogens with zero attached hydrogens (tertiary/aromatic N) is 2. The van der Waals surface area contributed by atoms with Crippen LogP contribution in [-0.4, -0.2) is 64.8 Å². The van der Waals surface area contributed by atoms with Gasteiger partial charge in [0, 0.05) is 38.0 Å². The average Bonchev–Trinajstić information content (AvgIpc) is 3.44. The van der Waals surface area contributed by atoms with Crippen molar-refractivity contribution in [2.45, 2.75) is 56.3 Å². The minimum absolute atomic E-state index is 0.0830. The lowest BCUT2D eigenvalue weighted by Crippen LogP contribution is -2.85. The largest absolute Gasteiger partial charge is 0.395 e. The lowest BCUT2D eigenvalue weighted by molar-refractivity contribution is -0.210. The highest BCUT2D eigenvalue weighted by molar-refractivity contribution is 5.78. The van der Waals surface area contributed by atoms with Gasteiger partial charge in [0.1, 0.15) is 0 Å². The van der Waals surface area contributed by atoms with Crippen LogP contribution in [0.25, 0.3) is 6.08 Å². The van der Waals surface area contributed by atoms with Crippen LogP contribution < -0.4 is 0 Å². The number of carbonyl (C=O) groups excluding carboxylic acids is 1. The molecule has 3 fully saturated rings. The van der Waals surface area contributed by atoms with Crippen molar-refractivity contribution in [2.75, 3.05) is 26.2 Å². The molecule has 3 aliphatic rings. The van der Waals surface area contributed by atoms with E-state index in [1.165, 1.54) is 0 Å². The van der Waals surface area contributed by atoms with Crippen LogP contribution in [0.15, 0.2) is 30.3 Å². The first kappa shape index (κ1) is 21.4. The summed E-state index contributed by atoms with van der Waals surface area (Å²) >= 11 is 0. The molecular weight excluding hydrogens is 393 g/mol. The Morgan fingerprint density at radius 1 is 1.23 bits per heavy atom. The Bertz CT molecular complexity index is 796. The molecule has 7 heteroatoms. The normalized spacial score (nSPS) is 26.1. The van der Waals surface area contributed by atoms with Crippen molar-refractivity contribution in [3.63, 3.8) is 0 Å². The number of aliphatic hydroxyl groups is 1. The molecule has 4 nitrogen and oxygen atoms in total. The van der Waals surface area contributed by atoms with Gasteiger partial charge >= 0.3 is 6.18 Å². The van der Waals surface area contributed by atoms with E-state index in [0.29, 0.717) is 25.4 Å². The van der Waals surface area contributed by atoms with Crippen LogP contribution >= 0.6 is 0 Å². The molecule has 30 heavy (non-hydrogen) atoms. The molecule has 1 aliphatic carbocycles. The van der Waals surface area contributed by atoms with Gasteiger partial charge < -0.3 is 10.0 Å². The lowest BCUT2D eigenvalue weighted by atomic mass is 9.60. The summed E-state index contributed by atoms with van der Waals surface area (Å²) in [5.74, 6) is 0.505. The average molecular weight is 422 g/mol. The Balaban J connectivity index is 1.54. The quantitative estimate of drug-likeness (QED) is 0.727. The van der Waals surface area contributed by atoms with E-state index >= 15 is 0 Å². The second-order valence-corrected chi connectivity index (χ2v) is 8.95. The number of benzene rings is 1. The zero-order valence-electron chi connectivity index (χ0n) is 17.2. The van der Waals surface area contributed by atoms with Crippen molar-refractivity contribution in [3.8, 4) is 0 Å². The predicted octanol–water partition coefficient (Wildman–Crippen LogP) is 3.81. The molecule has 164 valence electrons. The Kier molecular flexibility index (Phi) is 5.70. The third-order valence-corrected chi connectivity index (χ3v) is 6.86. The maximum atomic E-state index is 12.9. The van der Waals surface area contributed by atoms with Crippen LogP contribution in [0, 0.1) is 5.92 Å². The summed E-state index contributed by atoms with van der Waals surface area (Å²) in [6.07, 6.45) is 1.52. The molecule has 0 bridgehead atoms. The van der Waals surface area contributed by atoms with Crippen LogP contribution in [0.2, 0.25) is 0 Å². The fourth-order valence-electron chi connectivity index (χ4n) is 5.21. The molecular formula is C23H29F3N2O2. The smallest absolute Gasteiger partial charge is 0.390 e. The molecule has 1 aromatic rings. The third kappa shape index (κ3) is 4.02. The number of aliphatic hydroxyl groups excluding tert-OH is 1. The van der Waals surface area contributed by atoms with Crippen molar-refractivity contribution in [2.24, 2.45) is 5.92 Å². The van der Waals surface area contributed by atoms with E-state index < -0.39 is 18.1 Å². The van der Waals surface area contributed by atoms with Crippen LogP contribution in [0.5, 0.6) is 0 Å². The molecule has 2 aliphatic heterocycles. The van der Waals surface area contributed by atoms with Gasteiger partial charge in [-0.25, -0.2) is 0 Å². The van der Waals surface area contributed by atoms with Crippen LogP contribution in [0.4, 0.5) is 13.2 Å². The summed E-state index contributed by atoms with van der Waals surface area (Å²) in [6.45, 7) is 2.47. The molecule has 2 heterocycles. The van der Waals surface area contributed by atoms with Gasteiger partial charge in [-0.3, -0.25) is 9.69 Å².